The Labute approximate surface area is 197 Å². The lowest BCUT2D eigenvalue weighted by atomic mass is 10.2. The van der Waals surface area contributed by atoms with Crippen LogP contribution in [-0.2, 0) is 16.4 Å². The molecule has 0 saturated carbocycles. The first-order valence-electron chi connectivity index (χ1n) is 10.3. The summed E-state index contributed by atoms with van der Waals surface area (Å²) >= 11 is 0. The van der Waals surface area contributed by atoms with Gasteiger partial charge < -0.3 is 19.2 Å². The molecule has 0 aliphatic carbocycles. The molecule has 4 rings (SSSR count). The lowest BCUT2D eigenvalue weighted by Gasteiger charge is -2.07. The fourth-order valence-corrected chi connectivity index (χ4v) is 4.51. The van der Waals surface area contributed by atoms with Gasteiger partial charge in [-0.05, 0) is 47.5 Å². The molecule has 2 heterocycles. The second-order valence-corrected chi connectivity index (χ2v) is 9.03. The summed E-state index contributed by atoms with van der Waals surface area (Å²) in [6.07, 6.45) is 6.70. The van der Waals surface area contributed by atoms with Crippen molar-refractivity contribution >= 4 is 27.9 Å². The molecule has 0 aliphatic heterocycles. The molecule has 0 amide bonds. The van der Waals surface area contributed by atoms with Crippen LogP contribution in [-0.4, -0.2) is 32.6 Å². The summed E-state index contributed by atoms with van der Waals surface area (Å²) in [6.45, 7) is 0.319. The first kappa shape index (κ1) is 23.1. The maximum atomic E-state index is 13.3. The van der Waals surface area contributed by atoms with E-state index in [-0.39, 0.29) is 21.7 Å². The second kappa shape index (κ2) is 10.2. The minimum absolute atomic E-state index is 0.0552. The number of rotatable bonds is 9. The number of hydrogen-bond acceptors (Lipinski definition) is 8. The third kappa shape index (κ3) is 5.10. The Hall–Kier alpha value is -4.11. The summed E-state index contributed by atoms with van der Waals surface area (Å²) in [5, 5.41) is 2.85. The van der Waals surface area contributed by atoms with Gasteiger partial charge in [0.1, 0.15) is 0 Å². The average Bonchev–Trinajstić information content (AvgIpc) is 3.31. The van der Waals surface area contributed by atoms with E-state index in [0.717, 1.165) is 11.1 Å². The molecule has 8 nitrogen and oxygen atoms in total. The van der Waals surface area contributed by atoms with Gasteiger partial charge >= 0.3 is 0 Å². The van der Waals surface area contributed by atoms with Gasteiger partial charge in [-0.2, -0.15) is 4.98 Å². The van der Waals surface area contributed by atoms with Gasteiger partial charge in [-0.15, -0.1) is 0 Å². The summed E-state index contributed by atoms with van der Waals surface area (Å²) in [6, 6.07) is 17.2. The van der Waals surface area contributed by atoms with Gasteiger partial charge in [0.25, 0.3) is 0 Å². The highest BCUT2D eigenvalue weighted by Gasteiger charge is 2.27. The van der Waals surface area contributed by atoms with Gasteiger partial charge in [0.15, 0.2) is 11.5 Å². The Morgan fingerprint density at radius 2 is 1.76 bits per heavy atom. The molecular formula is C25H23N3O5S. The molecule has 9 heteroatoms. The topological polar surface area (TPSA) is 104 Å². The van der Waals surface area contributed by atoms with Crippen LogP contribution < -0.4 is 14.8 Å². The van der Waals surface area contributed by atoms with Gasteiger partial charge in [-0.1, -0.05) is 30.3 Å². The van der Waals surface area contributed by atoms with Crippen LogP contribution in [0.15, 0.2) is 87.4 Å². The van der Waals surface area contributed by atoms with Crippen LogP contribution in [0.2, 0.25) is 0 Å². The summed E-state index contributed by atoms with van der Waals surface area (Å²) in [5.74, 6) is 1.37. The van der Waals surface area contributed by atoms with E-state index < -0.39 is 9.84 Å². The first-order valence-corrected chi connectivity index (χ1v) is 11.8. The number of nitrogens with one attached hydrogen (secondary N) is 1. The lowest BCUT2D eigenvalue weighted by Crippen LogP contribution is -2.07. The van der Waals surface area contributed by atoms with E-state index in [9.17, 15) is 8.42 Å². The van der Waals surface area contributed by atoms with Gasteiger partial charge in [0.05, 0.1) is 19.1 Å². The Bertz CT molecular complexity index is 1380. The highest BCUT2D eigenvalue weighted by atomic mass is 32.2. The highest BCUT2D eigenvalue weighted by molar-refractivity contribution is 7.91. The fourth-order valence-electron chi connectivity index (χ4n) is 3.21. The molecule has 0 spiro atoms. The van der Waals surface area contributed by atoms with Crippen LogP contribution in [0.4, 0.5) is 5.88 Å². The molecule has 2 aromatic heterocycles. The van der Waals surface area contributed by atoms with Crippen LogP contribution in [0, 0.1) is 0 Å². The molecule has 0 aliphatic rings. The average molecular weight is 478 g/mol. The van der Waals surface area contributed by atoms with E-state index in [1.54, 1.807) is 75.2 Å². The van der Waals surface area contributed by atoms with E-state index in [1.165, 1.54) is 12.1 Å². The van der Waals surface area contributed by atoms with Gasteiger partial charge in [-0.3, -0.25) is 4.98 Å². The van der Waals surface area contributed by atoms with Crippen molar-refractivity contribution in [1.82, 2.24) is 9.97 Å². The van der Waals surface area contributed by atoms with Crippen molar-refractivity contribution < 1.29 is 22.3 Å². The molecule has 34 heavy (non-hydrogen) atoms. The van der Waals surface area contributed by atoms with Gasteiger partial charge in [0, 0.05) is 25.0 Å². The molecule has 0 radical (unpaired) electrons. The smallest absolute Gasteiger partial charge is 0.234 e. The van der Waals surface area contributed by atoms with Crippen LogP contribution >= 0.6 is 0 Å². The number of benzene rings is 2. The summed E-state index contributed by atoms with van der Waals surface area (Å²) in [5.41, 5.74) is 1.66. The van der Waals surface area contributed by atoms with Gasteiger partial charge in [0.2, 0.25) is 26.6 Å². The normalized spacial score (nSPS) is 11.5. The number of hydrogen-bond donors (Lipinski definition) is 1. The van der Waals surface area contributed by atoms with E-state index in [2.05, 4.69) is 15.3 Å². The third-order valence-electron chi connectivity index (χ3n) is 4.92. The lowest BCUT2D eigenvalue weighted by molar-refractivity contribution is 0.355. The maximum absolute atomic E-state index is 13.3. The number of ether oxygens (including phenoxy) is 2. The fraction of sp³-hybridized carbons (Fsp3) is 0.120. The molecule has 0 fully saturated rings. The molecule has 2 aromatic carbocycles. The van der Waals surface area contributed by atoms with Crippen molar-refractivity contribution in [2.45, 2.75) is 16.5 Å². The van der Waals surface area contributed by atoms with Crippen molar-refractivity contribution in [3.8, 4) is 11.5 Å². The van der Waals surface area contributed by atoms with Crippen LogP contribution in [0.5, 0.6) is 11.5 Å². The van der Waals surface area contributed by atoms with Crippen LogP contribution in [0.25, 0.3) is 12.2 Å². The Kier molecular flexibility index (Phi) is 6.93. The van der Waals surface area contributed by atoms with E-state index in [4.69, 9.17) is 13.9 Å². The van der Waals surface area contributed by atoms with Crippen LogP contribution in [0.3, 0.4) is 0 Å². The molecular weight excluding hydrogens is 454 g/mol. The quantitative estimate of drug-likeness (QED) is 0.370. The Morgan fingerprint density at radius 1 is 0.971 bits per heavy atom. The number of anilines is 1. The molecule has 0 atom stereocenters. The van der Waals surface area contributed by atoms with E-state index >= 15 is 0 Å². The molecule has 1 N–H and O–H groups in total. The molecule has 0 unspecified atom stereocenters. The minimum atomic E-state index is -3.91. The number of oxazole rings is 1. The number of aromatic nitrogens is 2. The monoisotopic (exact) mass is 477 g/mol. The SMILES string of the molecule is COc1ccc(/C=C/c2nc(S(=O)(=O)c3ccccc3)c(NCc3cccnc3)o2)cc1OC. The van der Waals surface area contributed by atoms with Crippen molar-refractivity contribution in [3.63, 3.8) is 0 Å². The zero-order valence-electron chi connectivity index (χ0n) is 18.6. The van der Waals surface area contributed by atoms with E-state index in [1.807, 2.05) is 12.1 Å². The maximum Gasteiger partial charge on any atom is 0.234 e. The van der Waals surface area contributed by atoms with Crippen molar-refractivity contribution in [2.24, 2.45) is 0 Å². The minimum Gasteiger partial charge on any atom is -0.493 e. The van der Waals surface area contributed by atoms with Crippen LogP contribution in [0.1, 0.15) is 17.0 Å². The molecule has 4 aromatic rings. The van der Waals surface area contributed by atoms with Crippen molar-refractivity contribution in [1.29, 1.82) is 0 Å². The molecule has 0 bridgehead atoms. The summed E-state index contributed by atoms with van der Waals surface area (Å²) < 4.78 is 42.9. The predicted molar refractivity (Wildman–Crippen MR) is 128 cm³/mol. The van der Waals surface area contributed by atoms with Gasteiger partial charge in [-0.25, -0.2) is 8.42 Å². The molecule has 0 saturated heterocycles. The Balaban J connectivity index is 1.68. The largest absolute Gasteiger partial charge is 0.493 e. The Morgan fingerprint density at radius 3 is 2.47 bits per heavy atom. The van der Waals surface area contributed by atoms with E-state index in [0.29, 0.717) is 18.0 Å². The highest BCUT2D eigenvalue weighted by Crippen LogP contribution is 2.31. The number of sulfone groups is 1. The third-order valence-corrected chi connectivity index (χ3v) is 6.60. The molecule has 174 valence electrons. The number of nitrogens with zero attached hydrogens (tertiary/aromatic N) is 2. The summed E-state index contributed by atoms with van der Waals surface area (Å²) in [7, 11) is -0.789. The zero-order chi connectivity index (χ0) is 24.0. The second-order valence-electron chi connectivity index (χ2n) is 7.17. The summed E-state index contributed by atoms with van der Waals surface area (Å²) in [4.78, 5) is 8.49. The number of pyridine rings is 1. The van der Waals surface area contributed by atoms with Crippen molar-refractivity contribution in [2.75, 3.05) is 19.5 Å². The number of methoxy groups -OCH3 is 2. The first-order chi connectivity index (χ1) is 16.5. The standard InChI is InChI=1S/C25H23N3O5S/c1-31-21-12-10-18(15-22(21)32-2)11-13-23-28-25(34(29,30)20-8-4-3-5-9-20)24(33-23)27-17-19-7-6-14-26-16-19/h3-16,27H,17H2,1-2H3/b13-11+. The zero-order valence-corrected chi connectivity index (χ0v) is 19.5. The predicted octanol–water partition coefficient (Wildman–Crippen LogP) is 4.70. The van der Waals surface area contributed by atoms with Crippen molar-refractivity contribution in [3.05, 3.63) is 90.1 Å².